The summed E-state index contributed by atoms with van der Waals surface area (Å²) >= 11 is 12.0. The maximum atomic E-state index is 12.3. The van der Waals surface area contributed by atoms with Gasteiger partial charge in [-0.1, -0.05) is 47.5 Å². The van der Waals surface area contributed by atoms with Crippen molar-refractivity contribution in [2.24, 2.45) is 5.10 Å². The van der Waals surface area contributed by atoms with Gasteiger partial charge >= 0.3 is 5.91 Å². The molecule has 0 saturated heterocycles. The fraction of sp³-hybridized carbons (Fsp3) is 0.120. The van der Waals surface area contributed by atoms with Crippen LogP contribution in [0.1, 0.15) is 28.6 Å². The zero-order valence-electron chi connectivity index (χ0n) is 17.7. The van der Waals surface area contributed by atoms with Crippen LogP contribution in [0.2, 0.25) is 10.0 Å². The third-order valence-corrected chi connectivity index (χ3v) is 5.41. The van der Waals surface area contributed by atoms with Gasteiger partial charge in [-0.05, 0) is 60.5 Å². The number of hydrogen-bond donors (Lipinski definition) is 1. The van der Waals surface area contributed by atoms with Crippen LogP contribution in [0.4, 0.5) is 0 Å². The summed E-state index contributed by atoms with van der Waals surface area (Å²) in [5, 5.41) is 5.84. The molecule has 3 aromatic carbocycles. The van der Waals surface area contributed by atoms with Crippen LogP contribution in [-0.4, -0.2) is 18.7 Å². The van der Waals surface area contributed by atoms with Crippen molar-refractivity contribution in [2.75, 3.05) is 6.61 Å². The van der Waals surface area contributed by atoms with E-state index in [0.29, 0.717) is 40.3 Å². The molecule has 6 nitrogen and oxygen atoms in total. The van der Waals surface area contributed by atoms with Crippen molar-refractivity contribution in [2.45, 2.75) is 13.5 Å². The highest BCUT2D eigenvalue weighted by molar-refractivity contribution is 6.42. The topological polar surface area (TPSA) is 73.1 Å². The second-order valence-corrected chi connectivity index (χ2v) is 7.84. The maximum absolute atomic E-state index is 12.3. The maximum Gasteiger partial charge on any atom is 0.307 e. The molecule has 0 radical (unpaired) electrons. The van der Waals surface area contributed by atoms with Crippen LogP contribution in [0, 0.1) is 0 Å². The first-order valence-electron chi connectivity index (χ1n) is 10.2. The number of nitrogens with one attached hydrogen (secondary N) is 1. The molecular formula is C25H20Cl2N2O4. The van der Waals surface area contributed by atoms with E-state index in [1.54, 1.807) is 36.4 Å². The van der Waals surface area contributed by atoms with Gasteiger partial charge < -0.3 is 13.9 Å². The molecule has 1 amide bonds. The minimum atomic E-state index is -0.436. The van der Waals surface area contributed by atoms with Gasteiger partial charge in [-0.3, -0.25) is 4.79 Å². The molecule has 1 N–H and O–H groups in total. The molecule has 168 valence electrons. The van der Waals surface area contributed by atoms with Crippen molar-refractivity contribution in [3.05, 3.63) is 93.7 Å². The van der Waals surface area contributed by atoms with E-state index in [1.807, 2.05) is 37.3 Å². The quantitative estimate of drug-likeness (QED) is 0.230. The van der Waals surface area contributed by atoms with Crippen LogP contribution >= 0.6 is 23.2 Å². The highest BCUT2D eigenvalue weighted by Gasteiger charge is 2.11. The predicted molar refractivity (Wildman–Crippen MR) is 130 cm³/mol. The van der Waals surface area contributed by atoms with Crippen molar-refractivity contribution in [3.8, 4) is 11.5 Å². The Bertz CT molecular complexity index is 1280. The Morgan fingerprint density at radius 2 is 1.85 bits per heavy atom. The molecule has 0 fully saturated rings. The lowest BCUT2D eigenvalue weighted by atomic mass is 10.2. The number of carbonyl (C=O) groups is 1. The average Bonchev–Trinajstić information content (AvgIpc) is 3.25. The lowest BCUT2D eigenvalue weighted by Crippen LogP contribution is -2.16. The Morgan fingerprint density at radius 3 is 2.64 bits per heavy atom. The third-order valence-electron chi connectivity index (χ3n) is 4.67. The molecule has 1 heterocycles. The van der Waals surface area contributed by atoms with Crippen molar-refractivity contribution >= 4 is 46.3 Å². The number of fused-ring (bicyclic) bond motifs is 1. The molecule has 4 rings (SSSR count). The molecule has 0 unspecified atom stereocenters. The highest BCUT2D eigenvalue weighted by atomic mass is 35.5. The second-order valence-electron chi connectivity index (χ2n) is 7.02. The second kappa shape index (κ2) is 10.4. The van der Waals surface area contributed by atoms with Crippen LogP contribution in [0.15, 0.2) is 76.2 Å². The zero-order chi connectivity index (χ0) is 23.2. The SMILES string of the molecule is CCOc1cc(/C=N/NC(=O)c2cc3ccccc3o2)ccc1OCc1ccc(Cl)c(Cl)c1. The molecule has 0 aliphatic carbocycles. The van der Waals surface area contributed by atoms with E-state index in [9.17, 15) is 4.79 Å². The molecule has 0 spiro atoms. The number of benzene rings is 3. The summed E-state index contributed by atoms with van der Waals surface area (Å²) in [7, 11) is 0. The van der Waals surface area contributed by atoms with Gasteiger partial charge in [0.25, 0.3) is 0 Å². The van der Waals surface area contributed by atoms with E-state index in [-0.39, 0.29) is 5.76 Å². The largest absolute Gasteiger partial charge is 0.490 e. The Morgan fingerprint density at radius 1 is 1.00 bits per heavy atom. The lowest BCUT2D eigenvalue weighted by Gasteiger charge is -2.13. The van der Waals surface area contributed by atoms with Crippen molar-refractivity contribution < 1.29 is 18.7 Å². The van der Waals surface area contributed by atoms with E-state index in [0.717, 1.165) is 16.5 Å². The van der Waals surface area contributed by atoms with Crippen molar-refractivity contribution in [3.63, 3.8) is 0 Å². The number of furan rings is 1. The van der Waals surface area contributed by atoms with Crippen LogP contribution in [0.25, 0.3) is 11.0 Å². The van der Waals surface area contributed by atoms with Gasteiger partial charge in [-0.25, -0.2) is 5.43 Å². The number of halogens is 2. The van der Waals surface area contributed by atoms with Crippen LogP contribution in [0.5, 0.6) is 11.5 Å². The van der Waals surface area contributed by atoms with Gasteiger partial charge in [-0.15, -0.1) is 0 Å². The molecule has 0 aliphatic heterocycles. The lowest BCUT2D eigenvalue weighted by molar-refractivity contribution is 0.0929. The van der Waals surface area contributed by atoms with E-state index in [1.165, 1.54) is 6.21 Å². The van der Waals surface area contributed by atoms with Crippen LogP contribution in [-0.2, 0) is 6.61 Å². The van der Waals surface area contributed by atoms with Gasteiger partial charge in [0.1, 0.15) is 12.2 Å². The van der Waals surface area contributed by atoms with E-state index in [2.05, 4.69) is 10.5 Å². The monoisotopic (exact) mass is 482 g/mol. The summed E-state index contributed by atoms with van der Waals surface area (Å²) in [5.74, 6) is 0.889. The Balaban J connectivity index is 1.42. The zero-order valence-corrected chi connectivity index (χ0v) is 19.2. The normalized spacial score (nSPS) is 11.1. The summed E-state index contributed by atoms with van der Waals surface area (Å²) < 4.78 is 17.1. The molecule has 4 aromatic rings. The van der Waals surface area contributed by atoms with Gasteiger partial charge in [-0.2, -0.15) is 5.10 Å². The number of rotatable bonds is 8. The number of carbonyl (C=O) groups excluding carboxylic acids is 1. The fourth-order valence-electron chi connectivity index (χ4n) is 3.10. The summed E-state index contributed by atoms with van der Waals surface area (Å²) in [5.41, 5.74) is 4.72. The first-order chi connectivity index (χ1) is 16.0. The van der Waals surface area contributed by atoms with Gasteiger partial charge in [0.15, 0.2) is 17.3 Å². The molecule has 0 bridgehead atoms. The summed E-state index contributed by atoms with van der Waals surface area (Å²) in [6, 6.07) is 19.8. The summed E-state index contributed by atoms with van der Waals surface area (Å²) in [6.07, 6.45) is 1.52. The number of hydrazone groups is 1. The van der Waals surface area contributed by atoms with Crippen molar-refractivity contribution in [1.82, 2.24) is 5.43 Å². The number of amides is 1. The molecule has 0 atom stereocenters. The molecule has 33 heavy (non-hydrogen) atoms. The molecule has 0 saturated carbocycles. The number of para-hydroxylation sites is 1. The van der Waals surface area contributed by atoms with Crippen molar-refractivity contribution in [1.29, 1.82) is 0 Å². The minimum absolute atomic E-state index is 0.189. The highest BCUT2D eigenvalue weighted by Crippen LogP contribution is 2.30. The minimum Gasteiger partial charge on any atom is -0.490 e. The van der Waals surface area contributed by atoms with Crippen LogP contribution in [0.3, 0.4) is 0 Å². The molecule has 0 aliphatic rings. The van der Waals surface area contributed by atoms with Gasteiger partial charge in [0.05, 0.1) is 22.9 Å². The van der Waals surface area contributed by atoms with E-state index in [4.69, 9.17) is 37.1 Å². The first kappa shape index (κ1) is 22.7. The smallest absolute Gasteiger partial charge is 0.307 e. The number of nitrogens with zero attached hydrogens (tertiary/aromatic N) is 1. The molecular weight excluding hydrogens is 463 g/mol. The Labute approximate surface area is 200 Å². The van der Waals surface area contributed by atoms with Crippen LogP contribution < -0.4 is 14.9 Å². The number of hydrogen-bond acceptors (Lipinski definition) is 5. The standard InChI is InChI=1S/C25H20Cl2N2O4/c1-2-31-23-12-16(8-10-22(23)32-15-17-7-9-19(26)20(27)11-17)14-28-29-25(30)24-13-18-5-3-4-6-21(18)33-24/h3-14H,2,15H2,1H3,(H,29,30)/b28-14+. The summed E-state index contributed by atoms with van der Waals surface area (Å²) in [4.78, 5) is 12.3. The fourth-order valence-corrected chi connectivity index (χ4v) is 3.42. The third kappa shape index (κ3) is 5.66. The Hall–Kier alpha value is -3.48. The summed E-state index contributed by atoms with van der Waals surface area (Å²) in [6.45, 7) is 2.65. The van der Waals surface area contributed by atoms with Gasteiger partial charge in [0.2, 0.25) is 0 Å². The molecule has 1 aromatic heterocycles. The molecule has 8 heteroatoms. The van der Waals surface area contributed by atoms with Gasteiger partial charge in [0, 0.05) is 5.39 Å². The average molecular weight is 483 g/mol. The Kier molecular flexibility index (Phi) is 7.17. The van der Waals surface area contributed by atoms with E-state index >= 15 is 0 Å². The van der Waals surface area contributed by atoms with E-state index < -0.39 is 5.91 Å². The predicted octanol–water partition coefficient (Wildman–Crippen LogP) is 6.48. The number of ether oxygens (including phenoxy) is 2. The first-order valence-corrected chi connectivity index (χ1v) is 10.9.